The highest BCUT2D eigenvalue weighted by Gasteiger charge is 2.17. The van der Waals surface area contributed by atoms with Crippen LogP contribution >= 0.6 is 11.3 Å². The van der Waals surface area contributed by atoms with Crippen molar-refractivity contribution in [2.45, 2.75) is 27.4 Å². The van der Waals surface area contributed by atoms with Crippen LogP contribution in [0, 0.1) is 6.92 Å². The van der Waals surface area contributed by atoms with Gasteiger partial charge in [-0.2, -0.15) is 0 Å². The second-order valence-electron chi connectivity index (χ2n) is 7.36. The third-order valence-electron chi connectivity index (χ3n) is 5.45. The fraction of sp³-hybridized carbons (Fsp3) is 0.148. The Bertz CT molecular complexity index is 1320. The van der Waals surface area contributed by atoms with Crippen molar-refractivity contribution in [3.8, 4) is 22.5 Å². The lowest BCUT2D eigenvalue weighted by atomic mass is 9.97. The quantitative estimate of drug-likeness (QED) is 0.350. The van der Waals surface area contributed by atoms with E-state index < -0.39 is 0 Å². The number of rotatable bonds is 6. The van der Waals surface area contributed by atoms with Gasteiger partial charge in [-0.15, -0.1) is 11.3 Å². The van der Waals surface area contributed by atoms with Crippen molar-refractivity contribution < 1.29 is 0 Å². The van der Waals surface area contributed by atoms with Crippen LogP contribution in [0.5, 0.6) is 0 Å². The molecule has 0 atom stereocenters. The van der Waals surface area contributed by atoms with Gasteiger partial charge in [-0.25, -0.2) is 4.98 Å². The second-order valence-corrected chi connectivity index (χ2v) is 8.44. The number of benzene rings is 2. The Morgan fingerprint density at radius 3 is 2.48 bits per heavy atom. The SMILES string of the molecule is C=Cc1sc2ccc(-c3ccccc3-c3nc(C)c(/C=C\C)n3CN)cc2c1/C=C\C. The van der Waals surface area contributed by atoms with Crippen LogP contribution < -0.4 is 5.73 Å². The summed E-state index contributed by atoms with van der Waals surface area (Å²) in [5.74, 6) is 0.898. The molecule has 0 saturated heterocycles. The van der Waals surface area contributed by atoms with Crippen LogP contribution in [0.2, 0.25) is 0 Å². The number of thiophene rings is 1. The number of hydrogen-bond donors (Lipinski definition) is 1. The van der Waals surface area contributed by atoms with Gasteiger partial charge in [0.2, 0.25) is 0 Å². The number of aromatic nitrogens is 2. The molecule has 156 valence electrons. The van der Waals surface area contributed by atoms with E-state index in [1.807, 2.05) is 32.9 Å². The summed E-state index contributed by atoms with van der Waals surface area (Å²) in [7, 11) is 0. The van der Waals surface area contributed by atoms with Gasteiger partial charge in [0.05, 0.1) is 18.1 Å². The van der Waals surface area contributed by atoms with Gasteiger partial charge in [0.15, 0.2) is 0 Å². The van der Waals surface area contributed by atoms with Crippen molar-refractivity contribution in [2.75, 3.05) is 0 Å². The molecule has 0 unspecified atom stereocenters. The van der Waals surface area contributed by atoms with Crippen LogP contribution in [0.15, 0.2) is 61.2 Å². The minimum atomic E-state index is 0.377. The maximum Gasteiger partial charge on any atom is 0.142 e. The first-order valence-electron chi connectivity index (χ1n) is 10.4. The number of imidazole rings is 1. The van der Waals surface area contributed by atoms with Gasteiger partial charge in [-0.1, -0.05) is 61.2 Å². The molecule has 0 amide bonds. The van der Waals surface area contributed by atoms with Crippen molar-refractivity contribution in [1.29, 1.82) is 0 Å². The Morgan fingerprint density at radius 2 is 1.81 bits per heavy atom. The molecule has 2 N–H and O–H groups in total. The second kappa shape index (κ2) is 8.88. The third-order valence-corrected chi connectivity index (χ3v) is 6.63. The first-order chi connectivity index (χ1) is 15.1. The van der Waals surface area contributed by atoms with E-state index >= 15 is 0 Å². The van der Waals surface area contributed by atoms with Crippen LogP contribution in [-0.2, 0) is 6.67 Å². The van der Waals surface area contributed by atoms with Crippen LogP contribution in [0.3, 0.4) is 0 Å². The van der Waals surface area contributed by atoms with Crippen molar-refractivity contribution in [2.24, 2.45) is 5.73 Å². The van der Waals surface area contributed by atoms with Crippen LogP contribution in [0.1, 0.15) is 35.7 Å². The lowest BCUT2D eigenvalue weighted by Gasteiger charge is -2.12. The highest BCUT2D eigenvalue weighted by molar-refractivity contribution is 7.20. The summed E-state index contributed by atoms with van der Waals surface area (Å²) in [6.45, 7) is 10.5. The molecule has 0 spiro atoms. The molecule has 4 heteroatoms. The van der Waals surface area contributed by atoms with Crippen molar-refractivity contribution in [3.63, 3.8) is 0 Å². The summed E-state index contributed by atoms with van der Waals surface area (Å²) < 4.78 is 3.34. The molecule has 4 rings (SSSR count). The average molecular weight is 426 g/mol. The summed E-state index contributed by atoms with van der Waals surface area (Å²) in [5, 5.41) is 1.25. The molecular weight excluding hydrogens is 398 g/mol. The third kappa shape index (κ3) is 3.69. The van der Waals surface area contributed by atoms with E-state index in [1.54, 1.807) is 11.3 Å². The Morgan fingerprint density at radius 1 is 1.06 bits per heavy atom. The van der Waals surface area contributed by atoms with Crippen LogP contribution in [0.25, 0.3) is 50.8 Å². The zero-order valence-electron chi connectivity index (χ0n) is 18.2. The number of nitrogens with two attached hydrogens (primary N) is 1. The summed E-state index contributed by atoms with van der Waals surface area (Å²) >= 11 is 1.78. The predicted molar refractivity (Wildman–Crippen MR) is 137 cm³/mol. The van der Waals surface area contributed by atoms with Gasteiger partial charge in [-0.3, -0.25) is 0 Å². The molecule has 0 saturated carbocycles. The largest absolute Gasteiger partial charge is 0.314 e. The number of nitrogens with zero attached hydrogens (tertiary/aromatic N) is 2. The zero-order valence-corrected chi connectivity index (χ0v) is 19.0. The Labute approximate surface area is 187 Å². The van der Waals surface area contributed by atoms with Crippen molar-refractivity contribution in [3.05, 3.63) is 83.0 Å². The summed E-state index contributed by atoms with van der Waals surface area (Å²) in [6.07, 6.45) is 10.3. The molecule has 0 aliphatic rings. The van der Waals surface area contributed by atoms with E-state index in [4.69, 9.17) is 10.7 Å². The van der Waals surface area contributed by atoms with Gasteiger partial charge < -0.3 is 10.3 Å². The predicted octanol–water partition coefficient (Wildman–Crippen LogP) is 7.37. The van der Waals surface area contributed by atoms with Crippen molar-refractivity contribution in [1.82, 2.24) is 9.55 Å². The monoisotopic (exact) mass is 425 g/mol. The molecule has 2 heterocycles. The molecule has 0 radical (unpaired) electrons. The Hall–Kier alpha value is -3.21. The summed E-state index contributed by atoms with van der Waals surface area (Å²) in [4.78, 5) is 6.09. The maximum atomic E-state index is 6.14. The first-order valence-corrected chi connectivity index (χ1v) is 11.3. The molecule has 0 fully saturated rings. The van der Waals surface area contributed by atoms with E-state index in [2.05, 4.69) is 71.8 Å². The molecule has 2 aromatic carbocycles. The fourth-order valence-electron chi connectivity index (χ4n) is 4.07. The number of aryl methyl sites for hydroxylation is 1. The number of fused-ring (bicyclic) bond motifs is 1. The molecule has 3 nitrogen and oxygen atoms in total. The summed E-state index contributed by atoms with van der Waals surface area (Å²) in [5.41, 5.74) is 12.8. The lowest BCUT2D eigenvalue weighted by molar-refractivity contribution is 0.733. The Balaban J connectivity index is 1.95. The number of hydrogen-bond acceptors (Lipinski definition) is 3. The first kappa shape index (κ1) is 21.0. The number of allylic oxidation sites excluding steroid dienone is 2. The molecule has 31 heavy (non-hydrogen) atoms. The highest BCUT2D eigenvalue weighted by atomic mass is 32.1. The van der Waals surface area contributed by atoms with E-state index in [9.17, 15) is 0 Å². The smallest absolute Gasteiger partial charge is 0.142 e. The minimum Gasteiger partial charge on any atom is -0.314 e. The van der Waals surface area contributed by atoms with Gasteiger partial charge in [-0.05, 0) is 55.7 Å². The minimum absolute atomic E-state index is 0.377. The van der Waals surface area contributed by atoms with E-state index in [1.165, 1.54) is 26.1 Å². The summed E-state index contributed by atoms with van der Waals surface area (Å²) in [6, 6.07) is 15.1. The average Bonchev–Trinajstić information content (AvgIpc) is 3.31. The van der Waals surface area contributed by atoms with Gasteiger partial charge in [0.1, 0.15) is 5.82 Å². The fourth-order valence-corrected chi connectivity index (χ4v) is 5.09. The van der Waals surface area contributed by atoms with Crippen LogP contribution in [-0.4, -0.2) is 9.55 Å². The van der Waals surface area contributed by atoms with E-state index in [0.29, 0.717) is 6.67 Å². The highest BCUT2D eigenvalue weighted by Crippen LogP contribution is 2.38. The Kier molecular flexibility index (Phi) is 6.03. The molecule has 0 aliphatic carbocycles. The van der Waals surface area contributed by atoms with E-state index in [-0.39, 0.29) is 0 Å². The van der Waals surface area contributed by atoms with Gasteiger partial charge in [0.25, 0.3) is 0 Å². The van der Waals surface area contributed by atoms with Crippen LogP contribution in [0.4, 0.5) is 0 Å². The lowest BCUT2D eigenvalue weighted by Crippen LogP contribution is -2.10. The molecular formula is C27H27N3S. The molecule has 4 aromatic rings. The van der Waals surface area contributed by atoms with Gasteiger partial charge >= 0.3 is 0 Å². The van der Waals surface area contributed by atoms with Gasteiger partial charge in [0, 0.05) is 20.5 Å². The molecule has 0 bridgehead atoms. The maximum absolute atomic E-state index is 6.14. The van der Waals surface area contributed by atoms with Crippen molar-refractivity contribution >= 4 is 39.7 Å². The molecule has 0 aliphatic heterocycles. The zero-order chi connectivity index (χ0) is 22.0. The standard InChI is InChI=1S/C27H27N3S/c1-5-10-21-23-16-19(14-15-26(23)31-25(21)7-3)20-12-8-9-13-22(20)27-29-18(4)24(11-6-2)30(27)17-28/h5-16H,3,17,28H2,1-2,4H3/b10-5-,11-6-. The normalized spacial score (nSPS) is 11.9. The topological polar surface area (TPSA) is 43.8 Å². The molecule has 2 aromatic heterocycles. The van der Waals surface area contributed by atoms with E-state index in [0.717, 1.165) is 28.3 Å².